The lowest BCUT2D eigenvalue weighted by atomic mass is 9.54. The van der Waals surface area contributed by atoms with Crippen LogP contribution in [-0.4, -0.2) is 32.8 Å². The number of nitrogens with one attached hydrogen (secondary N) is 1. The Labute approximate surface area is 184 Å². The van der Waals surface area contributed by atoms with E-state index in [4.69, 9.17) is 5.10 Å². The first-order valence-corrected chi connectivity index (χ1v) is 12.7. The van der Waals surface area contributed by atoms with E-state index in [-0.39, 0.29) is 11.9 Å². The van der Waals surface area contributed by atoms with Gasteiger partial charge in [-0.3, -0.25) is 14.3 Å². The molecule has 0 aliphatic heterocycles. The number of carboxylic acids is 1. The maximum Gasteiger partial charge on any atom is 0.306 e. The molecule has 6 aliphatic carbocycles. The van der Waals surface area contributed by atoms with E-state index in [2.05, 4.69) is 10.00 Å². The molecule has 0 radical (unpaired) electrons. The monoisotopic (exact) mass is 425 g/mol. The Bertz CT molecular complexity index is 857. The van der Waals surface area contributed by atoms with E-state index in [9.17, 15) is 14.7 Å². The molecule has 6 aliphatic rings. The average Bonchev–Trinajstić information content (AvgIpc) is 3.15. The van der Waals surface area contributed by atoms with Gasteiger partial charge in [0.1, 0.15) is 0 Å². The summed E-state index contributed by atoms with van der Waals surface area (Å²) in [7, 11) is 0. The number of aliphatic carboxylic acids is 1. The van der Waals surface area contributed by atoms with Crippen LogP contribution in [-0.2, 0) is 17.6 Å². The molecule has 0 saturated heterocycles. The van der Waals surface area contributed by atoms with E-state index in [0.717, 1.165) is 42.4 Å². The molecule has 1 heterocycles. The highest BCUT2D eigenvalue weighted by Crippen LogP contribution is 2.53. The van der Waals surface area contributed by atoms with E-state index in [1.54, 1.807) is 0 Å². The highest BCUT2D eigenvalue weighted by molar-refractivity contribution is 5.94. The van der Waals surface area contributed by atoms with Crippen LogP contribution in [0.5, 0.6) is 0 Å². The van der Waals surface area contributed by atoms with Gasteiger partial charge >= 0.3 is 5.97 Å². The summed E-state index contributed by atoms with van der Waals surface area (Å²) in [6.45, 7) is 0. The van der Waals surface area contributed by atoms with Crippen LogP contribution >= 0.6 is 0 Å². The van der Waals surface area contributed by atoms with Gasteiger partial charge in [-0.05, 0) is 87.9 Å². The van der Waals surface area contributed by atoms with Crippen molar-refractivity contribution in [3.63, 3.8) is 0 Å². The first-order valence-electron chi connectivity index (χ1n) is 12.7. The molecule has 1 amide bonds. The van der Waals surface area contributed by atoms with Crippen molar-refractivity contribution in [2.75, 3.05) is 0 Å². The Morgan fingerprint density at radius 3 is 2.26 bits per heavy atom. The molecule has 5 saturated carbocycles. The minimum atomic E-state index is -0.747. The molecule has 1 aromatic heterocycles. The lowest BCUT2D eigenvalue weighted by Crippen LogP contribution is -2.56. The van der Waals surface area contributed by atoms with E-state index in [0.29, 0.717) is 36.4 Å². The minimum Gasteiger partial charge on any atom is -0.481 e. The first kappa shape index (κ1) is 19.8. The number of carbonyl (C=O) groups excluding carboxylic acids is 1. The first-order chi connectivity index (χ1) is 15.1. The molecule has 0 unspecified atom stereocenters. The second-order valence-electron chi connectivity index (χ2n) is 11.2. The number of hydrogen-bond donors (Lipinski definition) is 2. The molecule has 6 heteroatoms. The molecular weight excluding hydrogens is 390 g/mol. The predicted molar refractivity (Wildman–Crippen MR) is 116 cm³/mol. The number of aromatic nitrogens is 2. The lowest BCUT2D eigenvalue weighted by Gasteiger charge is -2.54. The average molecular weight is 426 g/mol. The standard InChI is InChI=1S/C25H35N3O3/c29-24(26-22-17-9-14-8-15(11-17)12-18(22)10-14)23-20-13-16(25(30)31)6-7-21(20)28(27-23)19-4-2-1-3-5-19/h14-19,22H,1-13H2,(H,26,29)(H,30,31)/t14?,15?,16-,17?,18?,22?/m1/s1. The summed E-state index contributed by atoms with van der Waals surface area (Å²) >= 11 is 0. The fourth-order valence-electron chi connectivity index (χ4n) is 8.04. The van der Waals surface area contributed by atoms with Crippen LogP contribution in [0.25, 0.3) is 0 Å². The number of carboxylic acid groups (broad SMARTS) is 1. The Kier molecular flexibility index (Phi) is 4.87. The second kappa shape index (κ2) is 7.63. The number of carbonyl (C=O) groups is 2. The number of nitrogens with zero attached hydrogens (tertiary/aromatic N) is 2. The molecule has 2 N–H and O–H groups in total. The topological polar surface area (TPSA) is 84.2 Å². The van der Waals surface area contributed by atoms with Crippen LogP contribution in [0.3, 0.4) is 0 Å². The highest BCUT2D eigenvalue weighted by atomic mass is 16.4. The lowest BCUT2D eigenvalue weighted by molar-refractivity contribution is -0.142. The van der Waals surface area contributed by atoms with Gasteiger partial charge in [-0.15, -0.1) is 0 Å². The number of fused-ring (bicyclic) bond motifs is 1. The molecule has 7 rings (SSSR count). The Hall–Kier alpha value is -1.85. The number of amides is 1. The van der Waals surface area contributed by atoms with Crippen molar-refractivity contribution < 1.29 is 14.7 Å². The molecule has 0 aromatic carbocycles. The van der Waals surface area contributed by atoms with E-state index >= 15 is 0 Å². The molecule has 1 atom stereocenters. The third-order valence-corrected chi connectivity index (χ3v) is 9.31. The fourth-order valence-corrected chi connectivity index (χ4v) is 8.04. The highest BCUT2D eigenvalue weighted by Gasteiger charge is 2.49. The fraction of sp³-hybridized carbons (Fsp3) is 0.800. The zero-order chi connectivity index (χ0) is 21.1. The molecule has 1 aromatic rings. The SMILES string of the molecule is O=C(NC1C2CC3CC(C2)CC1C3)c1nn(C2CCCCC2)c2c1C[C@H](C(=O)O)CC2. The summed E-state index contributed by atoms with van der Waals surface area (Å²) in [6.07, 6.45) is 14.3. The second-order valence-corrected chi connectivity index (χ2v) is 11.2. The quantitative estimate of drug-likeness (QED) is 0.760. The van der Waals surface area contributed by atoms with E-state index in [1.165, 1.54) is 51.4 Å². The summed E-state index contributed by atoms with van der Waals surface area (Å²) in [5.41, 5.74) is 2.59. The van der Waals surface area contributed by atoms with Crippen LogP contribution in [0.2, 0.25) is 0 Å². The molecule has 31 heavy (non-hydrogen) atoms. The third-order valence-electron chi connectivity index (χ3n) is 9.31. The van der Waals surface area contributed by atoms with Gasteiger partial charge in [-0.25, -0.2) is 0 Å². The molecule has 168 valence electrons. The molecular formula is C25H35N3O3. The summed E-state index contributed by atoms with van der Waals surface area (Å²) in [5, 5.41) is 18.0. The van der Waals surface area contributed by atoms with Gasteiger partial charge in [0.05, 0.1) is 12.0 Å². The molecule has 5 fully saturated rings. The maximum absolute atomic E-state index is 13.5. The minimum absolute atomic E-state index is 0.0469. The van der Waals surface area contributed by atoms with Gasteiger partial charge in [0, 0.05) is 17.3 Å². The zero-order valence-corrected chi connectivity index (χ0v) is 18.4. The zero-order valence-electron chi connectivity index (χ0n) is 18.4. The van der Waals surface area contributed by atoms with Crippen molar-refractivity contribution >= 4 is 11.9 Å². The van der Waals surface area contributed by atoms with Gasteiger partial charge in [0.15, 0.2) is 5.69 Å². The Morgan fingerprint density at radius 1 is 0.935 bits per heavy atom. The van der Waals surface area contributed by atoms with Crippen LogP contribution in [0.1, 0.15) is 98.4 Å². The van der Waals surface area contributed by atoms with Crippen molar-refractivity contribution in [1.82, 2.24) is 15.1 Å². The van der Waals surface area contributed by atoms with Crippen molar-refractivity contribution in [3.05, 3.63) is 17.0 Å². The number of hydrogen-bond acceptors (Lipinski definition) is 3. The van der Waals surface area contributed by atoms with Gasteiger partial charge in [-0.2, -0.15) is 5.10 Å². The van der Waals surface area contributed by atoms with E-state index in [1.807, 2.05) is 0 Å². The smallest absolute Gasteiger partial charge is 0.306 e. The Morgan fingerprint density at radius 2 is 1.61 bits per heavy atom. The molecule has 6 nitrogen and oxygen atoms in total. The summed E-state index contributed by atoms with van der Waals surface area (Å²) < 4.78 is 2.14. The normalized spacial score (nSPS) is 36.9. The van der Waals surface area contributed by atoms with Gasteiger partial charge < -0.3 is 10.4 Å². The van der Waals surface area contributed by atoms with Gasteiger partial charge in [0.2, 0.25) is 0 Å². The van der Waals surface area contributed by atoms with E-state index < -0.39 is 11.9 Å². The van der Waals surface area contributed by atoms with Gasteiger partial charge in [-0.1, -0.05) is 19.3 Å². The van der Waals surface area contributed by atoms with Crippen molar-refractivity contribution in [3.8, 4) is 0 Å². The maximum atomic E-state index is 13.5. The van der Waals surface area contributed by atoms with Crippen LogP contribution in [0, 0.1) is 29.6 Å². The van der Waals surface area contributed by atoms with Gasteiger partial charge in [0.25, 0.3) is 5.91 Å². The summed E-state index contributed by atoms with van der Waals surface area (Å²) in [4.78, 5) is 25.3. The van der Waals surface area contributed by atoms with Crippen LogP contribution < -0.4 is 5.32 Å². The summed E-state index contributed by atoms with van der Waals surface area (Å²) in [5.74, 6) is 1.82. The van der Waals surface area contributed by atoms with Crippen molar-refractivity contribution in [1.29, 1.82) is 0 Å². The third kappa shape index (κ3) is 3.41. The van der Waals surface area contributed by atoms with Crippen LogP contribution in [0.4, 0.5) is 0 Å². The molecule has 0 spiro atoms. The summed E-state index contributed by atoms with van der Waals surface area (Å²) in [6, 6.07) is 0.654. The van der Waals surface area contributed by atoms with Crippen LogP contribution in [0.15, 0.2) is 0 Å². The van der Waals surface area contributed by atoms with Crippen molar-refractivity contribution in [2.24, 2.45) is 29.6 Å². The predicted octanol–water partition coefficient (Wildman–Crippen LogP) is 4.13. The molecule has 4 bridgehead atoms. The number of rotatable bonds is 4. The largest absolute Gasteiger partial charge is 0.481 e. The Balaban J connectivity index is 1.29. The van der Waals surface area contributed by atoms with Crippen molar-refractivity contribution in [2.45, 2.75) is 95.6 Å².